The lowest BCUT2D eigenvalue weighted by Crippen LogP contribution is -2.36. The van der Waals surface area contributed by atoms with Crippen LogP contribution in [0, 0.1) is 5.41 Å². The molecule has 0 aromatic rings. The number of nitrogens with one attached hydrogen (secondary N) is 1. The normalized spacial score (nSPS) is 11.4. The van der Waals surface area contributed by atoms with Gasteiger partial charge in [0.2, 0.25) is 5.91 Å². The van der Waals surface area contributed by atoms with E-state index in [0.717, 1.165) is 6.42 Å². The van der Waals surface area contributed by atoms with Crippen molar-refractivity contribution in [3.63, 3.8) is 0 Å². The molecule has 0 heterocycles. The number of ether oxygens (including phenoxy) is 1. The van der Waals surface area contributed by atoms with Crippen LogP contribution in [0.4, 0.5) is 0 Å². The van der Waals surface area contributed by atoms with Crippen molar-refractivity contribution < 1.29 is 9.53 Å². The Bertz CT molecular complexity index is 155. The molecule has 0 atom stereocenters. The van der Waals surface area contributed by atoms with E-state index in [1.54, 1.807) is 7.11 Å². The molecule has 0 aliphatic heterocycles. The van der Waals surface area contributed by atoms with Crippen LogP contribution < -0.4 is 5.32 Å². The fraction of sp³-hybridized carbons (Fsp3) is 0.900. The highest BCUT2D eigenvalue weighted by atomic mass is 16.5. The van der Waals surface area contributed by atoms with Crippen molar-refractivity contribution in [3.8, 4) is 0 Å². The van der Waals surface area contributed by atoms with Crippen LogP contribution >= 0.6 is 0 Å². The molecule has 0 saturated heterocycles. The quantitative estimate of drug-likeness (QED) is 0.685. The number of amides is 1. The molecule has 78 valence electrons. The lowest BCUT2D eigenvalue weighted by molar-refractivity contribution is -0.121. The number of hydrogen-bond donors (Lipinski definition) is 1. The van der Waals surface area contributed by atoms with Crippen LogP contribution in [-0.4, -0.2) is 26.2 Å². The molecule has 13 heavy (non-hydrogen) atoms. The van der Waals surface area contributed by atoms with Crippen LogP contribution in [0.2, 0.25) is 0 Å². The summed E-state index contributed by atoms with van der Waals surface area (Å²) in [4.78, 5) is 11.1. The Morgan fingerprint density at radius 2 is 2.08 bits per heavy atom. The second-order valence-corrected chi connectivity index (χ2v) is 4.12. The fourth-order valence-corrected chi connectivity index (χ4v) is 1.10. The van der Waals surface area contributed by atoms with Gasteiger partial charge in [-0.2, -0.15) is 0 Å². The van der Waals surface area contributed by atoms with E-state index in [1.165, 1.54) is 0 Å². The van der Waals surface area contributed by atoms with Crippen LogP contribution in [0.1, 0.15) is 33.6 Å². The molecule has 0 unspecified atom stereocenters. The number of hydrogen-bond acceptors (Lipinski definition) is 2. The van der Waals surface area contributed by atoms with E-state index in [2.05, 4.69) is 19.2 Å². The van der Waals surface area contributed by atoms with Crippen molar-refractivity contribution in [2.24, 2.45) is 5.41 Å². The second kappa shape index (κ2) is 5.97. The van der Waals surface area contributed by atoms with Gasteiger partial charge in [-0.05, 0) is 6.42 Å². The van der Waals surface area contributed by atoms with Gasteiger partial charge in [0.05, 0.1) is 6.61 Å². The lowest BCUT2D eigenvalue weighted by atomic mass is 9.95. The summed E-state index contributed by atoms with van der Waals surface area (Å²) in [5.41, 5.74) is 0.0259. The molecule has 0 rings (SSSR count). The predicted molar refractivity (Wildman–Crippen MR) is 53.6 cm³/mol. The summed E-state index contributed by atoms with van der Waals surface area (Å²) >= 11 is 0. The van der Waals surface area contributed by atoms with Crippen LogP contribution in [0.25, 0.3) is 0 Å². The van der Waals surface area contributed by atoms with E-state index in [0.29, 0.717) is 19.6 Å². The summed E-state index contributed by atoms with van der Waals surface area (Å²) in [6, 6.07) is 0. The SMILES string of the molecule is CCCC(=O)NCC(C)(C)COC. The first kappa shape index (κ1) is 12.4. The van der Waals surface area contributed by atoms with Gasteiger partial charge in [-0.3, -0.25) is 4.79 Å². The van der Waals surface area contributed by atoms with Crippen LogP contribution in [0.15, 0.2) is 0 Å². The molecule has 0 spiro atoms. The Morgan fingerprint density at radius 3 is 2.54 bits per heavy atom. The first-order valence-corrected chi connectivity index (χ1v) is 4.77. The molecular weight excluding hydrogens is 166 g/mol. The van der Waals surface area contributed by atoms with Crippen molar-refractivity contribution in [2.45, 2.75) is 33.6 Å². The van der Waals surface area contributed by atoms with Gasteiger partial charge in [0.25, 0.3) is 0 Å². The maximum atomic E-state index is 11.1. The van der Waals surface area contributed by atoms with E-state index in [9.17, 15) is 4.79 Å². The number of methoxy groups -OCH3 is 1. The molecule has 0 aliphatic carbocycles. The van der Waals surface area contributed by atoms with E-state index < -0.39 is 0 Å². The van der Waals surface area contributed by atoms with Gasteiger partial charge in [0.15, 0.2) is 0 Å². The summed E-state index contributed by atoms with van der Waals surface area (Å²) in [5.74, 6) is 0.131. The average molecular weight is 187 g/mol. The molecular formula is C10H21NO2. The predicted octanol–water partition coefficient (Wildman–Crippen LogP) is 1.58. The molecule has 0 aromatic heterocycles. The third-order valence-corrected chi connectivity index (χ3v) is 1.78. The molecule has 0 saturated carbocycles. The minimum atomic E-state index is 0.0259. The zero-order valence-electron chi connectivity index (χ0n) is 9.14. The molecule has 0 fully saturated rings. The fourth-order valence-electron chi connectivity index (χ4n) is 1.10. The van der Waals surface area contributed by atoms with Gasteiger partial charge in [-0.1, -0.05) is 20.8 Å². The Kier molecular flexibility index (Phi) is 5.71. The summed E-state index contributed by atoms with van der Waals surface area (Å²) in [7, 11) is 1.68. The summed E-state index contributed by atoms with van der Waals surface area (Å²) in [6.45, 7) is 7.49. The topological polar surface area (TPSA) is 38.3 Å². The third kappa shape index (κ3) is 6.58. The van der Waals surface area contributed by atoms with E-state index in [1.807, 2.05) is 6.92 Å². The van der Waals surface area contributed by atoms with Crippen molar-refractivity contribution in [3.05, 3.63) is 0 Å². The minimum Gasteiger partial charge on any atom is -0.384 e. The van der Waals surface area contributed by atoms with Crippen LogP contribution in [0.5, 0.6) is 0 Å². The molecule has 0 bridgehead atoms. The van der Waals surface area contributed by atoms with Crippen LogP contribution in [-0.2, 0) is 9.53 Å². The molecule has 1 N–H and O–H groups in total. The maximum Gasteiger partial charge on any atom is 0.220 e. The van der Waals surface area contributed by atoms with Gasteiger partial charge in [0.1, 0.15) is 0 Å². The van der Waals surface area contributed by atoms with Gasteiger partial charge in [-0.25, -0.2) is 0 Å². The first-order chi connectivity index (χ1) is 6.02. The molecule has 1 amide bonds. The molecule has 0 radical (unpaired) electrons. The van der Waals surface area contributed by atoms with Gasteiger partial charge < -0.3 is 10.1 Å². The van der Waals surface area contributed by atoms with Crippen LogP contribution in [0.3, 0.4) is 0 Å². The second-order valence-electron chi connectivity index (χ2n) is 4.12. The smallest absolute Gasteiger partial charge is 0.220 e. The third-order valence-electron chi connectivity index (χ3n) is 1.78. The van der Waals surface area contributed by atoms with Crippen molar-refractivity contribution >= 4 is 5.91 Å². The van der Waals surface area contributed by atoms with Crippen molar-refractivity contribution in [2.75, 3.05) is 20.3 Å². The summed E-state index contributed by atoms with van der Waals surface area (Å²) in [5, 5.41) is 2.89. The summed E-state index contributed by atoms with van der Waals surface area (Å²) in [6.07, 6.45) is 1.51. The number of carbonyl (C=O) groups is 1. The lowest BCUT2D eigenvalue weighted by Gasteiger charge is -2.23. The Hall–Kier alpha value is -0.570. The molecule has 3 heteroatoms. The zero-order chi connectivity index (χ0) is 10.3. The average Bonchev–Trinajstić information content (AvgIpc) is 2.02. The Balaban J connectivity index is 3.67. The molecule has 0 aliphatic rings. The van der Waals surface area contributed by atoms with Crippen molar-refractivity contribution in [1.29, 1.82) is 0 Å². The molecule has 0 aromatic carbocycles. The van der Waals surface area contributed by atoms with E-state index in [-0.39, 0.29) is 11.3 Å². The van der Waals surface area contributed by atoms with Crippen molar-refractivity contribution in [1.82, 2.24) is 5.32 Å². The highest BCUT2D eigenvalue weighted by Gasteiger charge is 2.17. The summed E-state index contributed by atoms with van der Waals surface area (Å²) < 4.78 is 5.05. The number of carbonyl (C=O) groups excluding carboxylic acids is 1. The Labute approximate surface area is 80.8 Å². The first-order valence-electron chi connectivity index (χ1n) is 4.77. The minimum absolute atomic E-state index is 0.0259. The van der Waals surface area contributed by atoms with E-state index >= 15 is 0 Å². The van der Waals surface area contributed by atoms with Gasteiger partial charge in [-0.15, -0.1) is 0 Å². The van der Waals surface area contributed by atoms with Gasteiger partial charge in [0, 0.05) is 25.5 Å². The molecule has 3 nitrogen and oxygen atoms in total. The monoisotopic (exact) mass is 187 g/mol. The standard InChI is InChI=1S/C10H21NO2/c1-5-6-9(12)11-7-10(2,3)8-13-4/h5-8H2,1-4H3,(H,11,12). The van der Waals surface area contributed by atoms with Gasteiger partial charge >= 0.3 is 0 Å². The highest BCUT2D eigenvalue weighted by molar-refractivity contribution is 5.75. The zero-order valence-corrected chi connectivity index (χ0v) is 9.14. The largest absolute Gasteiger partial charge is 0.384 e. The maximum absolute atomic E-state index is 11.1. The highest BCUT2D eigenvalue weighted by Crippen LogP contribution is 2.13. The van der Waals surface area contributed by atoms with E-state index in [4.69, 9.17) is 4.74 Å². The number of rotatable bonds is 6. The Morgan fingerprint density at radius 1 is 1.46 bits per heavy atom.